The van der Waals surface area contributed by atoms with Gasteiger partial charge in [0.2, 0.25) is 0 Å². The van der Waals surface area contributed by atoms with Gasteiger partial charge in [-0.05, 0) is 41.2 Å². The molecule has 6 heteroatoms. The average Bonchev–Trinajstić information content (AvgIpc) is 3.22. The molecule has 39 heavy (non-hydrogen) atoms. The van der Waals surface area contributed by atoms with Gasteiger partial charge in [-0.25, -0.2) is 0 Å². The van der Waals surface area contributed by atoms with E-state index in [2.05, 4.69) is 105 Å². The van der Waals surface area contributed by atoms with Gasteiger partial charge in [-0.15, -0.1) is 0 Å². The lowest BCUT2D eigenvalue weighted by molar-refractivity contribution is 0.445. The molecule has 0 radical (unpaired) electrons. The minimum atomic E-state index is -1.56. The zero-order chi connectivity index (χ0) is 29.6. The fourth-order valence-corrected chi connectivity index (χ4v) is 7.43. The fourth-order valence-electron chi connectivity index (χ4n) is 5.10. The van der Waals surface area contributed by atoms with Gasteiger partial charge in [0.15, 0.2) is 0 Å². The van der Waals surface area contributed by atoms with Crippen molar-refractivity contribution in [2.45, 2.75) is 123 Å². The third-order valence-corrected chi connectivity index (χ3v) is 11.9. The van der Waals surface area contributed by atoms with Crippen LogP contribution in [-0.4, -0.2) is 50.9 Å². The smallest absolute Gasteiger partial charge is 0.128 e. The number of phenolic OH excluding ortho intramolecular Hbond substituents is 2. The summed E-state index contributed by atoms with van der Waals surface area (Å²) in [4.78, 5) is 9.86. The molecule has 0 amide bonds. The third-order valence-electron chi connectivity index (χ3n) is 7.85. The first-order valence-electron chi connectivity index (χ1n) is 14.5. The molecular weight excluding hydrogens is 513 g/mol. The Labute approximate surface area is 239 Å². The molecule has 1 saturated carbocycles. The molecule has 2 unspecified atom stereocenters. The molecule has 0 aliphatic heterocycles. The Morgan fingerprint density at radius 2 is 0.974 bits per heavy atom. The average molecular weight is 565 g/mol. The lowest BCUT2D eigenvalue weighted by Gasteiger charge is -2.26. The topological polar surface area (TPSA) is 65.2 Å². The third kappa shape index (κ3) is 7.72. The zero-order valence-corrected chi connectivity index (χ0v) is 28.5. The Morgan fingerprint density at radius 3 is 1.26 bits per heavy atom. The maximum absolute atomic E-state index is 11.1. The monoisotopic (exact) mass is 564 g/mol. The van der Waals surface area contributed by atoms with Crippen molar-refractivity contribution >= 4 is 39.0 Å². The minimum Gasteiger partial charge on any atom is -0.507 e. The van der Waals surface area contributed by atoms with Crippen LogP contribution in [0.15, 0.2) is 34.3 Å². The lowest BCUT2D eigenvalue weighted by Crippen LogP contribution is -2.38. The van der Waals surface area contributed by atoms with Gasteiger partial charge in [-0.1, -0.05) is 115 Å². The molecule has 2 N–H and O–H groups in total. The maximum Gasteiger partial charge on any atom is 0.128 e. The van der Waals surface area contributed by atoms with Crippen molar-refractivity contribution in [2.75, 3.05) is 0 Å². The number of rotatable bonds is 6. The van der Waals surface area contributed by atoms with Crippen LogP contribution in [0, 0.1) is 0 Å². The molecule has 0 saturated heterocycles. The summed E-state index contributed by atoms with van der Waals surface area (Å²) in [5.41, 5.74) is 3.37. The number of aromatic hydroxyl groups is 2. The molecule has 214 valence electrons. The standard InChI is InChI=1S/C33H52N2O2Si2/c1-32(2,3)28-18-26(38(7,8)9)15-22(30(28)36)20-34-24-13-14-25(17-24)35-21-23-16-27(39(10,11)12)19-29(31(23)37)33(4,5)6/h15-16,18-21,24-25,36-37H,13-14,17H2,1-12H3. The van der Waals surface area contributed by atoms with E-state index in [4.69, 9.17) is 9.98 Å². The molecule has 2 aromatic rings. The first-order valence-corrected chi connectivity index (χ1v) is 21.5. The van der Waals surface area contributed by atoms with Gasteiger partial charge in [-0.2, -0.15) is 0 Å². The minimum absolute atomic E-state index is 0.138. The summed E-state index contributed by atoms with van der Waals surface area (Å²) in [6, 6.07) is 9.07. The van der Waals surface area contributed by atoms with Crippen molar-refractivity contribution in [3.05, 3.63) is 46.5 Å². The predicted molar refractivity (Wildman–Crippen MR) is 176 cm³/mol. The molecule has 0 spiro atoms. The number of hydrogen-bond acceptors (Lipinski definition) is 4. The molecule has 2 atom stereocenters. The van der Waals surface area contributed by atoms with E-state index < -0.39 is 16.1 Å². The van der Waals surface area contributed by atoms with Gasteiger partial charge >= 0.3 is 0 Å². The normalized spacial score (nSPS) is 19.5. The Morgan fingerprint density at radius 1 is 0.641 bits per heavy atom. The Kier molecular flexibility index (Phi) is 8.84. The Bertz CT molecular complexity index is 1160. The molecule has 3 rings (SSSR count). The van der Waals surface area contributed by atoms with Gasteiger partial charge in [0.1, 0.15) is 11.5 Å². The van der Waals surface area contributed by atoms with Gasteiger partial charge in [0.05, 0.1) is 28.2 Å². The number of aliphatic imine (C=N–C) groups is 2. The highest BCUT2D eigenvalue weighted by Gasteiger charge is 2.28. The largest absolute Gasteiger partial charge is 0.507 e. The second-order valence-electron chi connectivity index (χ2n) is 15.6. The number of benzene rings is 2. The van der Waals surface area contributed by atoms with Crippen molar-refractivity contribution in [2.24, 2.45) is 9.98 Å². The van der Waals surface area contributed by atoms with Crippen LogP contribution >= 0.6 is 0 Å². The quantitative estimate of drug-likeness (QED) is 0.287. The van der Waals surface area contributed by atoms with Crippen LogP contribution < -0.4 is 10.4 Å². The predicted octanol–water partition coefficient (Wildman–Crippen LogP) is 7.24. The van der Waals surface area contributed by atoms with E-state index in [1.54, 1.807) is 0 Å². The molecule has 1 aliphatic rings. The van der Waals surface area contributed by atoms with E-state index in [1.165, 1.54) is 10.4 Å². The van der Waals surface area contributed by atoms with Crippen molar-refractivity contribution in [3.8, 4) is 11.5 Å². The van der Waals surface area contributed by atoms with Gasteiger partial charge in [-0.3, -0.25) is 9.98 Å². The summed E-state index contributed by atoms with van der Waals surface area (Å²) in [6.45, 7) is 27.0. The number of phenols is 2. The summed E-state index contributed by atoms with van der Waals surface area (Å²) in [6.07, 6.45) is 6.63. The van der Waals surface area contributed by atoms with E-state index in [0.717, 1.165) is 41.5 Å². The second-order valence-corrected chi connectivity index (χ2v) is 25.8. The van der Waals surface area contributed by atoms with Gasteiger partial charge < -0.3 is 10.2 Å². The maximum atomic E-state index is 11.1. The molecule has 1 fully saturated rings. The molecule has 0 heterocycles. The van der Waals surface area contributed by atoms with Crippen LogP contribution in [0.3, 0.4) is 0 Å². The van der Waals surface area contributed by atoms with Gasteiger partial charge in [0, 0.05) is 23.6 Å². The molecule has 1 aliphatic carbocycles. The van der Waals surface area contributed by atoms with Gasteiger partial charge in [0.25, 0.3) is 0 Å². The van der Waals surface area contributed by atoms with Crippen molar-refractivity contribution < 1.29 is 10.2 Å². The first-order chi connectivity index (χ1) is 17.7. The van der Waals surface area contributed by atoms with Crippen LogP contribution in [-0.2, 0) is 10.8 Å². The molecule has 0 aromatic heterocycles. The lowest BCUT2D eigenvalue weighted by atomic mass is 9.85. The number of hydrogen-bond donors (Lipinski definition) is 2. The van der Waals surface area contributed by atoms with Crippen LogP contribution in [0.4, 0.5) is 0 Å². The summed E-state index contributed by atoms with van der Waals surface area (Å²) in [5.74, 6) is 0.710. The summed E-state index contributed by atoms with van der Waals surface area (Å²) in [5, 5.41) is 24.9. The van der Waals surface area contributed by atoms with E-state index in [9.17, 15) is 10.2 Å². The van der Waals surface area contributed by atoms with E-state index in [1.807, 2.05) is 12.4 Å². The van der Waals surface area contributed by atoms with Crippen molar-refractivity contribution in [3.63, 3.8) is 0 Å². The van der Waals surface area contributed by atoms with E-state index in [-0.39, 0.29) is 22.9 Å². The van der Waals surface area contributed by atoms with E-state index >= 15 is 0 Å². The Balaban J connectivity index is 1.84. The van der Waals surface area contributed by atoms with E-state index in [0.29, 0.717) is 11.5 Å². The van der Waals surface area contributed by atoms with Crippen LogP contribution in [0.2, 0.25) is 39.3 Å². The van der Waals surface area contributed by atoms with Crippen LogP contribution in [0.5, 0.6) is 11.5 Å². The number of nitrogens with zero attached hydrogens (tertiary/aromatic N) is 2. The summed E-state index contributed by atoms with van der Waals surface area (Å²) >= 11 is 0. The SMILES string of the molecule is CC(C)(C)c1cc([Si](C)(C)C)cc(C=NC2CCC(N=Cc3cc([Si](C)(C)C)cc(C(C)(C)C)c3O)C2)c1O. The molecule has 2 aromatic carbocycles. The molecular formula is C33H52N2O2Si2. The molecule has 4 nitrogen and oxygen atoms in total. The highest BCUT2D eigenvalue weighted by Crippen LogP contribution is 2.34. The highest BCUT2D eigenvalue weighted by atomic mass is 28.3. The van der Waals surface area contributed by atoms with Crippen LogP contribution in [0.1, 0.15) is 83.1 Å². The molecule has 0 bridgehead atoms. The first kappa shape index (κ1) is 31.3. The summed E-state index contributed by atoms with van der Waals surface area (Å²) in [7, 11) is -3.12. The van der Waals surface area contributed by atoms with Crippen molar-refractivity contribution in [1.82, 2.24) is 0 Å². The highest BCUT2D eigenvalue weighted by molar-refractivity contribution is 6.89. The summed E-state index contributed by atoms with van der Waals surface area (Å²) < 4.78 is 0. The zero-order valence-electron chi connectivity index (χ0n) is 26.5. The second kappa shape index (κ2) is 11.0. The Hall–Kier alpha value is -2.19. The van der Waals surface area contributed by atoms with Crippen LogP contribution in [0.25, 0.3) is 0 Å². The van der Waals surface area contributed by atoms with Crippen molar-refractivity contribution in [1.29, 1.82) is 0 Å². The fraction of sp³-hybridized carbons (Fsp3) is 0.576.